The Bertz CT molecular complexity index is 234. The van der Waals surface area contributed by atoms with Crippen LogP contribution in [0.5, 0.6) is 0 Å². The Morgan fingerprint density at radius 1 is 1.06 bits per heavy atom. The van der Waals surface area contributed by atoms with Crippen LogP contribution in [0.2, 0.25) is 0 Å². The summed E-state index contributed by atoms with van der Waals surface area (Å²) >= 11 is 0. The summed E-state index contributed by atoms with van der Waals surface area (Å²) in [5.74, 6) is 0.907. The molecule has 1 atom stereocenters. The molecule has 106 valence electrons. The second kappa shape index (κ2) is 15.9. The van der Waals surface area contributed by atoms with E-state index in [0.717, 1.165) is 12.3 Å². The maximum atomic E-state index is 8.74. The molecule has 2 N–H and O–H groups in total. The first-order valence-corrected chi connectivity index (χ1v) is 7.70. The summed E-state index contributed by atoms with van der Waals surface area (Å²) < 4.78 is 31.6. The Balaban J connectivity index is -0.000000321. The number of hydrogen-bond acceptors (Lipinski definition) is 2. The van der Waals surface area contributed by atoms with E-state index >= 15 is 0 Å². The zero-order valence-electron chi connectivity index (χ0n) is 12.1. The smallest absolute Gasteiger partial charge is 0.343 e. The molecule has 0 amide bonds. The summed E-state index contributed by atoms with van der Waals surface area (Å²) in [7, 11) is -4.67. The van der Waals surface area contributed by atoms with Gasteiger partial charge in [0.05, 0.1) is 0 Å². The molecule has 18 heavy (non-hydrogen) atoms. The van der Waals surface area contributed by atoms with Crippen LogP contribution in [0.1, 0.15) is 65.2 Å². The van der Waals surface area contributed by atoms with E-state index in [-0.39, 0.29) is 29.6 Å². The Labute approximate surface area is 135 Å². The minimum atomic E-state index is -4.67. The van der Waals surface area contributed by atoms with E-state index in [2.05, 4.69) is 20.8 Å². The molecule has 6 heteroatoms. The zero-order chi connectivity index (χ0) is 13.7. The summed E-state index contributed by atoms with van der Waals surface area (Å²) in [5.41, 5.74) is 0. The van der Waals surface area contributed by atoms with Gasteiger partial charge in [-0.3, -0.25) is 9.11 Å². The van der Waals surface area contributed by atoms with Gasteiger partial charge in [0.2, 0.25) is 0 Å². The molecule has 0 radical (unpaired) electrons. The molecule has 0 bridgehead atoms. The molecular weight excluding hydrogens is 263 g/mol. The van der Waals surface area contributed by atoms with Crippen LogP contribution in [0.15, 0.2) is 0 Å². The van der Waals surface area contributed by atoms with Crippen LogP contribution in [-0.2, 0) is 10.4 Å². The third kappa shape index (κ3) is 36.0. The fourth-order valence-electron chi connectivity index (χ4n) is 1.59. The molecule has 0 aliphatic heterocycles. The van der Waals surface area contributed by atoms with Crippen molar-refractivity contribution in [2.75, 3.05) is 0 Å². The summed E-state index contributed by atoms with van der Waals surface area (Å²) in [6, 6.07) is 0. The van der Waals surface area contributed by atoms with E-state index in [1.165, 1.54) is 44.9 Å². The number of hydrogen-bond donors (Lipinski definition) is 2. The van der Waals surface area contributed by atoms with E-state index < -0.39 is 10.4 Å². The monoisotopic (exact) mass is 290 g/mol. The van der Waals surface area contributed by atoms with Gasteiger partial charge in [0, 0.05) is 0 Å². The van der Waals surface area contributed by atoms with Crippen molar-refractivity contribution in [2.45, 2.75) is 65.2 Å². The van der Waals surface area contributed by atoms with Gasteiger partial charge in [-0.1, -0.05) is 58.8 Å². The van der Waals surface area contributed by atoms with Gasteiger partial charge in [-0.15, -0.1) is 0 Å². The predicted octanol–water partition coefficient (Wildman–Crippen LogP) is 0.948. The average molecular weight is 290 g/mol. The first-order valence-electron chi connectivity index (χ1n) is 6.30. The van der Waals surface area contributed by atoms with Gasteiger partial charge in [0.1, 0.15) is 0 Å². The van der Waals surface area contributed by atoms with Crippen LogP contribution in [0.25, 0.3) is 0 Å². The van der Waals surface area contributed by atoms with Crippen molar-refractivity contribution in [3.8, 4) is 0 Å². The van der Waals surface area contributed by atoms with Crippen LogP contribution >= 0.6 is 0 Å². The molecule has 0 aliphatic carbocycles. The van der Waals surface area contributed by atoms with Crippen molar-refractivity contribution in [2.24, 2.45) is 5.92 Å². The van der Waals surface area contributed by atoms with Crippen LogP contribution in [0.3, 0.4) is 0 Å². The van der Waals surface area contributed by atoms with Crippen molar-refractivity contribution in [3.63, 3.8) is 0 Å². The zero-order valence-corrected chi connectivity index (χ0v) is 14.9. The van der Waals surface area contributed by atoms with Gasteiger partial charge in [-0.05, 0) is 5.92 Å². The largest absolute Gasteiger partial charge is 1.00 e. The molecule has 0 aromatic rings. The molecule has 0 aromatic heterocycles. The van der Waals surface area contributed by atoms with Crippen molar-refractivity contribution in [1.82, 2.24) is 0 Å². The quantitative estimate of drug-likeness (QED) is 0.302. The molecule has 0 saturated carbocycles. The third-order valence-electron chi connectivity index (χ3n) is 2.50. The minimum absolute atomic E-state index is 0. The maximum absolute atomic E-state index is 8.74. The fraction of sp³-hybridized carbons (Fsp3) is 0.917. The van der Waals surface area contributed by atoms with Gasteiger partial charge >= 0.3 is 40.0 Å². The topological polar surface area (TPSA) is 74.6 Å². The van der Waals surface area contributed by atoms with Gasteiger partial charge in [-0.25, -0.2) is 0 Å². The number of unbranched alkanes of at least 4 members (excludes halogenated alkanes) is 4. The van der Waals surface area contributed by atoms with Crippen molar-refractivity contribution < 1.29 is 47.1 Å². The average Bonchev–Trinajstić information content (AvgIpc) is 2.15. The Hall–Kier alpha value is 0.870. The Kier molecular flexibility index (Phi) is 21.2. The second-order valence-electron chi connectivity index (χ2n) is 4.40. The molecular formula is C12H27NaO4S. The number of rotatable bonds is 8. The Morgan fingerprint density at radius 2 is 1.50 bits per heavy atom. The van der Waals surface area contributed by atoms with E-state index in [4.69, 9.17) is 17.5 Å². The molecule has 0 spiro atoms. The van der Waals surface area contributed by atoms with E-state index in [1.807, 2.05) is 0 Å². The van der Waals surface area contributed by atoms with E-state index in [0.29, 0.717) is 0 Å². The summed E-state index contributed by atoms with van der Waals surface area (Å²) in [4.78, 5) is 0. The standard InChI is InChI=1S/C12H25.Na.H2O4S/c1-4-6-7-8-9-11-12(3)10-5-2;;1-5(2,3)4/h12H,2,4-11H2,1,3H3;;(H2,1,2,3,4)/q-1;+1;. The summed E-state index contributed by atoms with van der Waals surface area (Å²) in [6.45, 7) is 8.50. The van der Waals surface area contributed by atoms with Crippen LogP contribution < -0.4 is 29.6 Å². The Morgan fingerprint density at radius 3 is 1.89 bits per heavy atom. The van der Waals surface area contributed by atoms with E-state index in [9.17, 15) is 0 Å². The van der Waals surface area contributed by atoms with Gasteiger partial charge in [0.15, 0.2) is 0 Å². The molecule has 0 aromatic carbocycles. The summed E-state index contributed by atoms with van der Waals surface area (Å²) in [6.07, 6.45) is 10.9. The first kappa shape index (κ1) is 23.9. The fourth-order valence-corrected chi connectivity index (χ4v) is 1.59. The third-order valence-corrected chi connectivity index (χ3v) is 2.50. The van der Waals surface area contributed by atoms with Crippen molar-refractivity contribution in [3.05, 3.63) is 6.92 Å². The molecule has 1 unspecified atom stereocenters. The van der Waals surface area contributed by atoms with Crippen molar-refractivity contribution >= 4 is 10.4 Å². The maximum Gasteiger partial charge on any atom is 1.00 e. The SMILES string of the molecule is O=S(=O)(O)O.[CH2-]CCC(C)CCCCCCC.[Na+]. The minimum Gasteiger partial charge on any atom is -0.343 e. The molecule has 0 saturated heterocycles. The van der Waals surface area contributed by atoms with E-state index in [1.54, 1.807) is 0 Å². The molecule has 4 nitrogen and oxygen atoms in total. The first-order chi connectivity index (χ1) is 7.81. The van der Waals surface area contributed by atoms with Gasteiger partial charge in [0.25, 0.3) is 0 Å². The van der Waals surface area contributed by atoms with Crippen molar-refractivity contribution in [1.29, 1.82) is 0 Å². The van der Waals surface area contributed by atoms with Gasteiger partial charge in [-0.2, -0.15) is 14.8 Å². The molecule has 0 fully saturated rings. The molecule has 0 rings (SSSR count). The van der Waals surface area contributed by atoms with Crippen LogP contribution in [-0.4, -0.2) is 17.5 Å². The predicted molar refractivity (Wildman–Crippen MR) is 71.3 cm³/mol. The van der Waals surface area contributed by atoms with Crippen LogP contribution in [0.4, 0.5) is 0 Å². The second-order valence-corrected chi connectivity index (χ2v) is 5.29. The van der Waals surface area contributed by atoms with Crippen LogP contribution in [0, 0.1) is 12.8 Å². The van der Waals surface area contributed by atoms with Gasteiger partial charge < -0.3 is 6.92 Å². The normalized spacial score (nSPS) is 12.1. The summed E-state index contributed by atoms with van der Waals surface area (Å²) in [5, 5.41) is 0. The molecule has 0 heterocycles. The molecule has 0 aliphatic rings.